The summed E-state index contributed by atoms with van der Waals surface area (Å²) in [4.78, 5) is 0. The van der Waals surface area contributed by atoms with Gasteiger partial charge in [-0.05, 0) is 12.5 Å². The number of benzene rings is 5. The third-order valence-corrected chi connectivity index (χ3v) is 7.82. The van der Waals surface area contributed by atoms with Crippen molar-refractivity contribution in [3.63, 3.8) is 0 Å². The summed E-state index contributed by atoms with van der Waals surface area (Å²) in [5.74, 6) is 0. The van der Waals surface area contributed by atoms with E-state index >= 15 is 0 Å². The van der Waals surface area contributed by atoms with Crippen molar-refractivity contribution in [1.29, 1.82) is 0 Å². The number of rotatable bonds is 10. The van der Waals surface area contributed by atoms with E-state index in [1.807, 2.05) is 0 Å². The minimum atomic E-state index is -0.190. The van der Waals surface area contributed by atoms with E-state index in [-0.39, 0.29) is 5.54 Å². The molecule has 0 N–H and O–H groups in total. The first-order valence-electron chi connectivity index (χ1n) is 13.2. The standard InChI is InChI=1S/C36H36N/c1-36(35-25-15-6-16-26-35,27-31-17-7-2-8-18-31)37(28-32-19-9-3-10-20-32,29-33-21-11-4-12-22-33)30-34-23-13-5-14-24-34/h2-26H,27-30H2,1H3/q+1. The molecule has 0 spiro atoms. The van der Waals surface area contributed by atoms with Gasteiger partial charge in [0, 0.05) is 28.7 Å². The molecule has 0 heterocycles. The third kappa shape index (κ3) is 5.74. The van der Waals surface area contributed by atoms with Crippen molar-refractivity contribution in [1.82, 2.24) is 0 Å². The Bertz CT molecular complexity index is 1250. The predicted octanol–water partition coefficient (Wildman–Crippen LogP) is 8.56. The topological polar surface area (TPSA) is 0 Å². The average molecular weight is 483 g/mol. The van der Waals surface area contributed by atoms with Crippen molar-refractivity contribution in [2.24, 2.45) is 0 Å². The molecule has 0 radical (unpaired) electrons. The lowest BCUT2D eigenvalue weighted by Gasteiger charge is -2.53. The van der Waals surface area contributed by atoms with Gasteiger partial charge < -0.3 is 4.48 Å². The molecule has 1 heteroatoms. The lowest BCUT2D eigenvalue weighted by Crippen LogP contribution is -2.60. The van der Waals surface area contributed by atoms with Gasteiger partial charge in [0.15, 0.2) is 0 Å². The van der Waals surface area contributed by atoms with Crippen LogP contribution >= 0.6 is 0 Å². The van der Waals surface area contributed by atoms with Crippen molar-refractivity contribution in [3.8, 4) is 0 Å². The molecule has 5 aromatic carbocycles. The van der Waals surface area contributed by atoms with Crippen LogP contribution in [0.25, 0.3) is 0 Å². The SMILES string of the molecule is CC(Cc1ccccc1)(c1ccccc1)[N+](Cc1ccccc1)(Cc1ccccc1)Cc1ccccc1. The molecule has 1 unspecified atom stereocenters. The lowest BCUT2D eigenvalue weighted by atomic mass is 9.80. The van der Waals surface area contributed by atoms with Gasteiger partial charge in [0.05, 0.1) is 0 Å². The van der Waals surface area contributed by atoms with Crippen LogP contribution < -0.4 is 0 Å². The largest absolute Gasteiger partial charge is 0.304 e. The molecule has 5 aromatic rings. The molecule has 5 rings (SSSR count). The van der Waals surface area contributed by atoms with E-state index in [0.29, 0.717) is 0 Å². The molecule has 0 fully saturated rings. The summed E-state index contributed by atoms with van der Waals surface area (Å²) < 4.78 is 0.879. The summed E-state index contributed by atoms with van der Waals surface area (Å²) in [6, 6.07) is 55.3. The summed E-state index contributed by atoms with van der Waals surface area (Å²) in [7, 11) is 0. The smallest absolute Gasteiger partial charge is 0.127 e. The van der Waals surface area contributed by atoms with Crippen molar-refractivity contribution in [3.05, 3.63) is 179 Å². The molecule has 1 atom stereocenters. The number of hydrogen-bond donors (Lipinski definition) is 0. The molecule has 1 nitrogen and oxygen atoms in total. The zero-order chi connectivity index (χ0) is 25.4. The summed E-state index contributed by atoms with van der Waals surface area (Å²) in [5.41, 5.74) is 6.65. The molecule has 0 aliphatic carbocycles. The van der Waals surface area contributed by atoms with Gasteiger partial charge >= 0.3 is 0 Å². The number of hydrogen-bond acceptors (Lipinski definition) is 0. The molecular formula is C36H36N+. The van der Waals surface area contributed by atoms with Gasteiger partial charge in [-0.15, -0.1) is 0 Å². The van der Waals surface area contributed by atoms with Gasteiger partial charge in [-0.2, -0.15) is 0 Å². The minimum Gasteiger partial charge on any atom is -0.304 e. The summed E-state index contributed by atoms with van der Waals surface area (Å²) in [5, 5.41) is 0. The molecule has 0 saturated carbocycles. The Balaban J connectivity index is 1.75. The van der Waals surface area contributed by atoms with Gasteiger partial charge in [0.1, 0.15) is 25.2 Å². The highest BCUT2D eigenvalue weighted by Crippen LogP contribution is 2.44. The molecule has 0 aliphatic heterocycles. The van der Waals surface area contributed by atoms with Crippen LogP contribution in [0.1, 0.15) is 34.7 Å². The van der Waals surface area contributed by atoms with E-state index in [9.17, 15) is 0 Å². The van der Waals surface area contributed by atoms with Crippen molar-refractivity contribution < 1.29 is 4.48 Å². The number of nitrogens with zero attached hydrogens (tertiary/aromatic N) is 1. The molecule has 0 aliphatic rings. The Morgan fingerprint density at radius 3 is 1.05 bits per heavy atom. The average Bonchev–Trinajstić information content (AvgIpc) is 2.95. The van der Waals surface area contributed by atoms with E-state index in [1.165, 1.54) is 27.8 Å². The Kier molecular flexibility index (Phi) is 7.63. The van der Waals surface area contributed by atoms with Gasteiger partial charge in [-0.3, -0.25) is 0 Å². The van der Waals surface area contributed by atoms with Crippen LogP contribution in [0.15, 0.2) is 152 Å². The highest BCUT2D eigenvalue weighted by molar-refractivity contribution is 5.28. The van der Waals surface area contributed by atoms with Crippen LogP contribution in [0, 0.1) is 0 Å². The van der Waals surface area contributed by atoms with Crippen LogP contribution in [-0.2, 0) is 31.6 Å². The van der Waals surface area contributed by atoms with Gasteiger partial charge in [-0.1, -0.05) is 152 Å². The second-order valence-corrected chi connectivity index (χ2v) is 10.4. The van der Waals surface area contributed by atoms with E-state index in [4.69, 9.17) is 0 Å². The van der Waals surface area contributed by atoms with Crippen molar-refractivity contribution >= 4 is 0 Å². The molecule has 0 saturated heterocycles. The normalized spacial score (nSPS) is 13.1. The maximum absolute atomic E-state index is 2.49. The van der Waals surface area contributed by atoms with Crippen molar-refractivity contribution in [2.75, 3.05) is 0 Å². The first kappa shape index (κ1) is 24.7. The molecule has 184 valence electrons. The zero-order valence-electron chi connectivity index (χ0n) is 21.7. The maximum atomic E-state index is 2.49. The van der Waals surface area contributed by atoms with E-state index < -0.39 is 0 Å². The van der Waals surface area contributed by atoms with Gasteiger partial charge in [0.2, 0.25) is 0 Å². The second kappa shape index (κ2) is 11.4. The maximum Gasteiger partial charge on any atom is 0.127 e. The van der Waals surface area contributed by atoms with Crippen LogP contribution in [0.4, 0.5) is 0 Å². The molecular weight excluding hydrogens is 446 g/mol. The van der Waals surface area contributed by atoms with E-state index in [0.717, 1.165) is 30.5 Å². The highest BCUT2D eigenvalue weighted by Gasteiger charge is 2.49. The third-order valence-electron chi connectivity index (χ3n) is 7.82. The van der Waals surface area contributed by atoms with Crippen LogP contribution in [-0.4, -0.2) is 4.48 Å². The lowest BCUT2D eigenvalue weighted by molar-refractivity contribution is -1.02. The second-order valence-electron chi connectivity index (χ2n) is 10.4. The summed E-state index contributed by atoms with van der Waals surface area (Å²) in [6.07, 6.45) is 0.949. The fraction of sp³-hybridized carbons (Fsp3) is 0.167. The first-order valence-corrected chi connectivity index (χ1v) is 13.2. The molecule has 0 bridgehead atoms. The van der Waals surface area contributed by atoms with Crippen LogP contribution in [0.3, 0.4) is 0 Å². The minimum absolute atomic E-state index is 0.190. The fourth-order valence-corrected chi connectivity index (χ4v) is 5.82. The Labute approximate surface area is 222 Å². The Morgan fingerprint density at radius 1 is 0.405 bits per heavy atom. The Morgan fingerprint density at radius 2 is 0.703 bits per heavy atom. The van der Waals surface area contributed by atoms with Gasteiger partial charge in [-0.25, -0.2) is 0 Å². The monoisotopic (exact) mass is 482 g/mol. The predicted molar refractivity (Wildman–Crippen MR) is 155 cm³/mol. The van der Waals surface area contributed by atoms with E-state index in [1.54, 1.807) is 0 Å². The molecule has 0 aromatic heterocycles. The molecule has 0 amide bonds. The first-order chi connectivity index (χ1) is 18.2. The van der Waals surface area contributed by atoms with Crippen LogP contribution in [0.5, 0.6) is 0 Å². The van der Waals surface area contributed by atoms with E-state index in [2.05, 4.69) is 159 Å². The fourth-order valence-electron chi connectivity index (χ4n) is 5.82. The zero-order valence-corrected chi connectivity index (χ0v) is 21.7. The quantitative estimate of drug-likeness (QED) is 0.175. The summed E-state index contributed by atoms with van der Waals surface area (Å²) in [6.45, 7) is 5.29. The number of quaternary nitrogens is 1. The highest BCUT2D eigenvalue weighted by atomic mass is 15.4. The van der Waals surface area contributed by atoms with Gasteiger partial charge in [0.25, 0.3) is 0 Å². The summed E-state index contributed by atoms with van der Waals surface area (Å²) >= 11 is 0. The Hall–Kier alpha value is -3.94. The van der Waals surface area contributed by atoms with Crippen molar-refractivity contribution in [2.45, 2.75) is 38.5 Å². The molecule has 37 heavy (non-hydrogen) atoms. The van der Waals surface area contributed by atoms with Crippen LogP contribution in [0.2, 0.25) is 0 Å².